The van der Waals surface area contributed by atoms with Gasteiger partial charge in [-0.3, -0.25) is 4.79 Å². The highest BCUT2D eigenvalue weighted by Crippen LogP contribution is 2.32. The Morgan fingerprint density at radius 2 is 1.69 bits per heavy atom. The van der Waals surface area contributed by atoms with Gasteiger partial charge in [-0.15, -0.1) is 0 Å². The second-order valence-electron chi connectivity index (χ2n) is 8.31. The summed E-state index contributed by atoms with van der Waals surface area (Å²) in [5, 5.41) is 19.1. The number of hydrogen-bond acceptors (Lipinski definition) is 6. The molecule has 1 heterocycles. The summed E-state index contributed by atoms with van der Waals surface area (Å²) >= 11 is 0. The Kier molecular flexibility index (Phi) is 6.22. The van der Waals surface area contributed by atoms with Crippen molar-refractivity contribution in [1.82, 2.24) is 4.98 Å². The molecule has 2 aromatic carbocycles. The number of nitrogen functional groups attached to an aromatic ring is 1. The molecule has 0 fully saturated rings. The summed E-state index contributed by atoms with van der Waals surface area (Å²) in [5.41, 5.74) is 7.67. The molecule has 0 atom stereocenters. The molecule has 162 valence electrons. The molecule has 0 bridgehead atoms. The number of pyridine rings is 1. The van der Waals surface area contributed by atoms with Crippen LogP contribution in [-0.2, 0) is 12.0 Å². The van der Waals surface area contributed by atoms with Crippen molar-refractivity contribution in [1.29, 1.82) is 10.5 Å². The molecule has 7 heteroatoms. The van der Waals surface area contributed by atoms with Gasteiger partial charge in [-0.25, -0.2) is 0 Å². The van der Waals surface area contributed by atoms with Gasteiger partial charge in [0.05, 0.1) is 7.11 Å². The van der Waals surface area contributed by atoms with Crippen LogP contribution < -0.4 is 20.8 Å². The number of benzene rings is 2. The van der Waals surface area contributed by atoms with Crippen molar-refractivity contribution < 1.29 is 9.47 Å². The lowest BCUT2D eigenvalue weighted by molar-refractivity contribution is 0.296. The monoisotopic (exact) mass is 428 g/mol. The molecule has 0 radical (unpaired) electrons. The zero-order chi connectivity index (χ0) is 23.5. The third kappa shape index (κ3) is 4.43. The number of ether oxygens (including phenoxy) is 2. The number of nitrogens with zero attached hydrogens (tertiary/aromatic N) is 2. The lowest BCUT2D eigenvalue weighted by atomic mass is 9.87. The summed E-state index contributed by atoms with van der Waals surface area (Å²) in [6.45, 7) is 6.62. The van der Waals surface area contributed by atoms with Crippen LogP contribution in [0.25, 0.3) is 11.1 Å². The Labute approximate surface area is 186 Å². The molecule has 0 saturated heterocycles. The Balaban J connectivity index is 2.00. The van der Waals surface area contributed by atoms with Crippen molar-refractivity contribution in [2.24, 2.45) is 0 Å². The molecule has 3 rings (SSSR count). The van der Waals surface area contributed by atoms with E-state index in [1.807, 2.05) is 36.4 Å². The number of methoxy groups -OCH3 is 1. The minimum Gasteiger partial charge on any atom is -0.496 e. The number of anilines is 1. The average Bonchev–Trinajstić information content (AvgIpc) is 2.76. The molecule has 0 aliphatic rings. The van der Waals surface area contributed by atoms with E-state index in [0.717, 1.165) is 0 Å². The summed E-state index contributed by atoms with van der Waals surface area (Å²) in [5.74, 6) is 1.19. The fraction of sp³-hybridized carbons (Fsp3) is 0.240. The van der Waals surface area contributed by atoms with Gasteiger partial charge in [0.2, 0.25) is 0 Å². The van der Waals surface area contributed by atoms with Gasteiger partial charge < -0.3 is 20.2 Å². The predicted molar refractivity (Wildman–Crippen MR) is 122 cm³/mol. The van der Waals surface area contributed by atoms with Crippen LogP contribution in [0, 0.1) is 22.7 Å². The molecule has 32 heavy (non-hydrogen) atoms. The van der Waals surface area contributed by atoms with Crippen molar-refractivity contribution >= 4 is 5.82 Å². The van der Waals surface area contributed by atoms with Crippen LogP contribution in [0.15, 0.2) is 47.3 Å². The van der Waals surface area contributed by atoms with Crippen LogP contribution in [0.2, 0.25) is 0 Å². The third-order valence-electron chi connectivity index (χ3n) is 5.15. The summed E-state index contributed by atoms with van der Waals surface area (Å²) in [6.07, 6.45) is 0. The molecule has 1 aromatic heterocycles. The Hall–Kier alpha value is -4.23. The first-order chi connectivity index (χ1) is 15.2. The first-order valence-electron chi connectivity index (χ1n) is 9.96. The van der Waals surface area contributed by atoms with E-state index in [4.69, 9.17) is 15.2 Å². The fourth-order valence-electron chi connectivity index (χ4n) is 3.39. The summed E-state index contributed by atoms with van der Waals surface area (Å²) in [7, 11) is 1.54. The average molecular weight is 428 g/mol. The van der Waals surface area contributed by atoms with Crippen LogP contribution in [0.5, 0.6) is 11.5 Å². The van der Waals surface area contributed by atoms with Crippen molar-refractivity contribution in [2.45, 2.75) is 32.8 Å². The zero-order valence-electron chi connectivity index (χ0n) is 18.4. The summed E-state index contributed by atoms with van der Waals surface area (Å²) in [4.78, 5) is 14.6. The van der Waals surface area contributed by atoms with Gasteiger partial charge in [0.15, 0.2) is 0 Å². The van der Waals surface area contributed by atoms with Gasteiger partial charge in [-0.1, -0.05) is 39.0 Å². The third-order valence-corrected chi connectivity index (χ3v) is 5.15. The molecule has 0 aliphatic carbocycles. The number of nitrogens with two attached hydrogens (primary N) is 1. The van der Waals surface area contributed by atoms with Gasteiger partial charge in [0, 0.05) is 11.1 Å². The molecule has 0 unspecified atom stereocenters. The number of nitrogens with one attached hydrogen (secondary N) is 1. The van der Waals surface area contributed by atoms with Crippen LogP contribution >= 0.6 is 0 Å². The molecular weight excluding hydrogens is 404 g/mol. The summed E-state index contributed by atoms with van der Waals surface area (Å²) < 4.78 is 11.4. The SMILES string of the molecule is COc1ccc(-c2c(C#N)c(N)[nH]c(=O)c2C#N)cc1COc1ccc(C(C)(C)C)cc1. The van der Waals surface area contributed by atoms with Gasteiger partial charge in [0.1, 0.15) is 47.2 Å². The van der Waals surface area contributed by atoms with E-state index in [9.17, 15) is 15.3 Å². The van der Waals surface area contributed by atoms with Gasteiger partial charge in [0.25, 0.3) is 5.56 Å². The Bertz CT molecular complexity index is 1290. The Morgan fingerprint density at radius 1 is 1.03 bits per heavy atom. The summed E-state index contributed by atoms with van der Waals surface area (Å²) in [6, 6.07) is 16.9. The van der Waals surface area contributed by atoms with E-state index in [1.165, 1.54) is 5.56 Å². The predicted octanol–water partition coefficient (Wildman–Crippen LogP) is 4.25. The van der Waals surface area contributed by atoms with Crippen LogP contribution in [0.1, 0.15) is 43.0 Å². The van der Waals surface area contributed by atoms with Gasteiger partial charge in [-0.2, -0.15) is 10.5 Å². The molecule has 3 aromatic rings. The number of aromatic nitrogens is 1. The maximum absolute atomic E-state index is 12.2. The quantitative estimate of drug-likeness (QED) is 0.626. The maximum Gasteiger partial charge on any atom is 0.268 e. The smallest absolute Gasteiger partial charge is 0.268 e. The molecular formula is C25H24N4O3. The highest BCUT2D eigenvalue weighted by atomic mass is 16.5. The van der Waals surface area contributed by atoms with E-state index < -0.39 is 5.56 Å². The highest BCUT2D eigenvalue weighted by Gasteiger charge is 2.19. The minimum absolute atomic E-state index is 0.0379. The Morgan fingerprint density at radius 3 is 2.25 bits per heavy atom. The minimum atomic E-state index is -0.647. The lowest BCUT2D eigenvalue weighted by Crippen LogP contribution is -2.16. The number of hydrogen-bond donors (Lipinski definition) is 2. The van der Waals surface area contributed by atoms with Crippen LogP contribution in [0.4, 0.5) is 5.82 Å². The largest absolute Gasteiger partial charge is 0.496 e. The van der Waals surface area contributed by atoms with E-state index in [-0.39, 0.29) is 34.5 Å². The number of rotatable bonds is 5. The molecule has 7 nitrogen and oxygen atoms in total. The number of aromatic amines is 1. The number of H-pyrrole nitrogens is 1. The zero-order valence-corrected chi connectivity index (χ0v) is 18.4. The topological polar surface area (TPSA) is 125 Å². The van der Waals surface area contributed by atoms with Crippen molar-refractivity contribution in [3.8, 4) is 34.8 Å². The van der Waals surface area contributed by atoms with Crippen molar-refractivity contribution in [2.75, 3.05) is 12.8 Å². The first-order valence-corrected chi connectivity index (χ1v) is 9.96. The van der Waals surface area contributed by atoms with Gasteiger partial charge >= 0.3 is 0 Å². The first kappa shape index (κ1) is 22.5. The maximum atomic E-state index is 12.2. The van der Waals surface area contributed by atoms with E-state index in [2.05, 4.69) is 25.8 Å². The van der Waals surface area contributed by atoms with Gasteiger partial charge in [-0.05, 0) is 40.8 Å². The normalized spacial score (nSPS) is 10.8. The number of nitriles is 2. The molecule has 0 aliphatic heterocycles. The standard InChI is InChI=1S/C25H24N4O3/c1-25(2,3)17-6-8-18(9-7-17)32-14-16-11-15(5-10-21(16)31-4)22-19(12-26)23(28)29-24(30)20(22)13-27/h5-11H,14H2,1-4H3,(H3,28,29,30). The van der Waals surface area contributed by atoms with E-state index in [0.29, 0.717) is 22.6 Å². The molecule has 0 saturated carbocycles. The second-order valence-corrected chi connectivity index (χ2v) is 8.31. The van der Waals surface area contributed by atoms with Crippen molar-refractivity contribution in [3.63, 3.8) is 0 Å². The molecule has 0 amide bonds. The van der Waals surface area contributed by atoms with Crippen molar-refractivity contribution in [3.05, 3.63) is 75.1 Å². The second kappa shape index (κ2) is 8.87. The lowest BCUT2D eigenvalue weighted by Gasteiger charge is -2.19. The molecule has 0 spiro atoms. The van der Waals surface area contributed by atoms with E-state index in [1.54, 1.807) is 25.3 Å². The molecule has 3 N–H and O–H groups in total. The van der Waals surface area contributed by atoms with E-state index >= 15 is 0 Å². The fourth-order valence-corrected chi connectivity index (χ4v) is 3.39. The highest BCUT2D eigenvalue weighted by molar-refractivity contribution is 5.80. The van der Waals surface area contributed by atoms with Crippen LogP contribution in [0.3, 0.4) is 0 Å². The van der Waals surface area contributed by atoms with Crippen LogP contribution in [-0.4, -0.2) is 12.1 Å².